The van der Waals surface area contributed by atoms with Crippen LogP contribution in [0.2, 0.25) is 0 Å². The van der Waals surface area contributed by atoms with E-state index < -0.39 is 0 Å². The Kier molecular flexibility index (Phi) is 6.03. The standard InChI is InChI=1S/C11H21N3O2/c1-10(15)3-2-4-13-11(16)9-14-7-5-12-6-8-14/h12H,2-9H2,1H3,(H,13,16). The number of carbonyl (C=O) groups is 2. The summed E-state index contributed by atoms with van der Waals surface area (Å²) < 4.78 is 0. The van der Waals surface area contributed by atoms with Crippen LogP contribution in [0.5, 0.6) is 0 Å². The Morgan fingerprint density at radius 1 is 1.31 bits per heavy atom. The van der Waals surface area contributed by atoms with Gasteiger partial charge in [0.15, 0.2) is 0 Å². The van der Waals surface area contributed by atoms with Crippen LogP contribution in [0.3, 0.4) is 0 Å². The first-order valence-corrected chi connectivity index (χ1v) is 5.87. The monoisotopic (exact) mass is 227 g/mol. The Morgan fingerprint density at radius 3 is 2.62 bits per heavy atom. The highest BCUT2D eigenvalue weighted by atomic mass is 16.2. The molecule has 0 aromatic carbocycles. The van der Waals surface area contributed by atoms with Crippen LogP contribution in [0.1, 0.15) is 19.8 Å². The van der Waals surface area contributed by atoms with Gasteiger partial charge in [-0.1, -0.05) is 0 Å². The van der Waals surface area contributed by atoms with E-state index in [-0.39, 0.29) is 11.7 Å². The largest absolute Gasteiger partial charge is 0.355 e. The lowest BCUT2D eigenvalue weighted by Crippen LogP contribution is -2.47. The summed E-state index contributed by atoms with van der Waals surface area (Å²) in [7, 11) is 0. The van der Waals surface area contributed by atoms with E-state index in [1.165, 1.54) is 0 Å². The van der Waals surface area contributed by atoms with Crippen molar-refractivity contribution in [3.05, 3.63) is 0 Å². The zero-order valence-electron chi connectivity index (χ0n) is 9.92. The minimum absolute atomic E-state index is 0.0606. The van der Waals surface area contributed by atoms with Gasteiger partial charge in [0.2, 0.25) is 5.91 Å². The molecule has 0 bridgehead atoms. The second kappa shape index (κ2) is 7.35. The molecule has 92 valence electrons. The maximum atomic E-state index is 11.5. The van der Waals surface area contributed by atoms with Crippen LogP contribution in [0.25, 0.3) is 0 Å². The van der Waals surface area contributed by atoms with Crippen LogP contribution in [-0.4, -0.2) is 55.9 Å². The molecule has 1 fully saturated rings. The summed E-state index contributed by atoms with van der Waals surface area (Å²) in [5.74, 6) is 0.238. The van der Waals surface area contributed by atoms with E-state index in [0.29, 0.717) is 19.5 Å². The van der Waals surface area contributed by atoms with Crippen molar-refractivity contribution >= 4 is 11.7 Å². The quantitative estimate of drug-likeness (QED) is 0.594. The average molecular weight is 227 g/mol. The first-order valence-electron chi connectivity index (χ1n) is 5.87. The Hall–Kier alpha value is -0.940. The molecule has 0 unspecified atom stereocenters. The molecule has 0 radical (unpaired) electrons. The number of rotatable bonds is 6. The fourth-order valence-corrected chi connectivity index (χ4v) is 1.69. The molecule has 1 heterocycles. The third kappa shape index (κ3) is 5.82. The van der Waals surface area contributed by atoms with Gasteiger partial charge in [-0.3, -0.25) is 9.69 Å². The van der Waals surface area contributed by atoms with Crippen LogP contribution in [0.4, 0.5) is 0 Å². The Balaban J connectivity index is 2.03. The Morgan fingerprint density at radius 2 is 2.00 bits per heavy atom. The summed E-state index contributed by atoms with van der Waals surface area (Å²) in [6.45, 7) is 6.42. The highest BCUT2D eigenvalue weighted by molar-refractivity contribution is 5.78. The number of hydrogen-bond acceptors (Lipinski definition) is 4. The molecule has 0 aromatic rings. The first-order chi connectivity index (χ1) is 7.68. The van der Waals surface area contributed by atoms with E-state index >= 15 is 0 Å². The number of piperazine rings is 1. The van der Waals surface area contributed by atoms with Gasteiger partial charge < -0.3 is 15.4 Å². The summed E-state index contributed by atoms with van der Waals surface area (Å²) >= 11 is 0. The summed E-state index contributed by atoms with van der Waals surface area (Å²) in [6.07, 6.45) is 1.29. The predicted molar refractivity (Wildman–Crippen MR) is 62.2 cm³/mol. The van der Waals surface area contributed by atoms with Crippen LogP contribution < -0.4 is 10.6 Å². The van der Waals surface area contributed by atoms with Gasteiger partial charge in [0, 0.05) is 39.1 Å². The fourth-order valence-electron chi connectivity index (χ4n) is 1.69. The molecule has 0 aromatic heterocycles. The van der Waals surface area contributed by atoms with Crippen LogP contribution in [0.15, 0.2) is 0 Å². The molecule has 1 rings (SSSR count). The van der Waals surface area contributed by atoms with E-state index in [2.05, 4.69) is 15.5 Å². The molecule has 0 aliphatic carbocycles. The number of amides is 1. The minimum atomic E-state index is 0.0606. The second-order valence-corrected chi connectivity index (χ2v) is 4.18. The minimum Gasteiger partial charge on any atom is -0.355 e. The van der Waals surface area contributed by atoms with Gasteiger partial charge in [0.05, 0.1) is 6.54 Å². The van der Waals surface area contributed by atoms with Crippen molar-refractivity contribution in [2.45, 2.75) is 19.8 Å². The molecule has 1 aliphatic heterocycles. The van der Waals surface area contributed by atoms with Crippen LogP contribution in [-0.2, 0) is 9.59 Å². The second-order valence-electron chi connectivity index (χ2n) is 4.18. The zero-order valence-corrected chi connectivity index (χ0v) is 9.92. The third-order valence-electron chi connectivity index (χ3n) is 2.60. The first kappa shape index (κ1) is 13.1. The lowest BCUT2D eigenvalue weighted by molar-refractivity contribution is -0.122. The molecular weight excluding hydrogens is 206 g/mol. The molecule has 1 amide bonds. The van der Waals surface area contributed by atoms with Crippen molar-refractivity contribution in [2.75, 3.05) is 39.3 Å². The van der Waals surface area contributed by atoms with Crippen LogP contribution >= 0.6 is 0 Å². The van der Waals surface area contributed by atoms with E-state index in [1.807, 2.05) is 0 Å². The van der Waals surface area contributed by atoms with Crippen molar-refractivity contribution in [3.63, 3.8) is 0 Å². The van der Waals surface area contributed by atoms with Gasteiger partial charge in [0.1, 0.15) is 5.78 Å². The number of Topliss-reactive ketones (excluding diaryl/α,β-unsaturated/α-hetero) is 1. The molecule has 0 spiro atoms. The van der Waals surface area contributed by atoms with E-state index in [1.54, 1.807) is 6.92 Å². The molecule has 5 nitrogen and oxygen atoms in total. The zero-order chi connectivity index (χ0) is 11.8. The van der Waals surface area contributed by atoms with Gasteiger partial charge in [-0.15, -0.1) is 0 Å². The van der Waals surface area contributed by atoms with Crippen molar-refractivity contribution in [1.82, 2.24) is 15.5 Å². The van der Waals surface area contributed by atoms with Crippen molar-refractivity contribution in [2.24, 2.45) is 0 Å². The number of nitrogens with one attached hydrogen (secondary N) is 2. The number of nitrogens with zero attached hydrogens (tertiary/aromatic N) is 1. The summed E-state index contributed by atoms with van der Waals surface area (Å²) in [5, 5.41) is 6.07. The molecule has 16 heavy (non-hydrogen) atoms. The molecular formula is C11H21N3O2. The molecule has 1 saturated heterocycles. The maximum Gasteiger partial charge on any atom is 0.234 e. The van der Waals surface area contributed by atoms with Crippen molar-refractivity contribution in [1.29, 1.82) is 0 Å². The average Bonchev–Trinajstić information content (AvgIpc) is 2.25. The number of hydrogen-bond donors (Lipinski definition) is 2. The van der Waals surface area contributed by atoms with E-state index in [9.17, 15) is 9.59 Å². The van der Waals surface area contributed by atoms with Crippen LogP contribution in [0, 0.1) is 0 Å². The van der Waals surface area contributed by atoms with Gasteiger partial charge >= 0.3 is 0 Å². The van der Waals surface area contributed by atoms with Gasteiger partial charge in [-0.05, 0) is 13.3 Å². The molecule has 2 N–H and O–H groups in total. The topological polar surface area (TPSA) is 61.4 Å². The summed E-state index contributed by atoms with van der Waals surface area (Å²) in [4.78, 5) is 24.3. The maximum absolute atomic E-state index is 11.5. The third-order valence-corrected chi connectivity index (χ3v) is 2.60. The van der Waals surface area contributed by atoms with Crippen molar-refractivity contribution in [3.8, 4) is 0 Å². The molecule has 0 atom stereocenters. The van der Waals surface area contributed by atoms with E-state index in [0.717, 1.165) is 32.6 Å². The smallest absolute Gasteiger partial charge is 0.234 e. The predicted octanol–water partition coefficient (Wildman–Crippen LogP) is -0.623. The lowest BCUT2D eigenvalue weighted by atomic mass is 10.2. The SMILES string of the molecule is CC(=O)CCCNC(=O)CN1CCNCC1. The Labute approximate surface area is 96.6 Å². The van der Waals surface area contributed by atoms with Gasteiger partial charge in [-0.2, -0.15) is 0 Å². The van der Waals surface area contributed by atoms with Gasteiger partial charge in [0.25, 0.3) is 0 Å². The fraction of sp³-hybridized carbons (Fsp3) is 0.818. The van der Waals surface area contributed by atoms with Gasteiger partial charge in [-0.25, -0.2) is 0 Å². The van der Waals surface area contributed by atoms with E-state index in [4.69, 9.17) is 0 Å². The van der Waals surface area contributed by atoms with Crippen molar-refractivity contribution < 1.29 is 9.59 Å². The highest BCUT2D eigenvalue weighted by Crippen LogP contribution is 1.92. The highest BCUT2D eigenvalue weighted by Gasteiger charge is 2.12. The molecule has 1 aliphatic rings. The lowest BCUT2D eigenvalue weighted by Gasteiger charge is -2.26. The normalized spacial score (nSPS) is 17.1. The number of ketones is 1. The molecule has 5 heteroatoms. The Bertz CT molecular complexity index is 237. The summed E-state index contributed by atoms with van der Waals surface area (Å²) in [6, 6.07) is 0. The molecule has 0 saturated carbocycles. The summed E-state index contributed by atoms with van der Waals surface area (Å²) in [5.41, 5.74) is 0. The number of carbonyl (C=O) groups excluding carboxylic acids is 2.